The van der Waals surface area contributed by atoms with Crippen molar-refractivity contribution in [3.8, 4) is 5.69 Å². The van der Waals surface area contributed by atoms with Gasteiger partial charge in [-0.15, -0.1) is 0 Å². The third kappa shape index (κ3) is 2.68. The number of rotatable bonds is 4. The van der Waals surface area contributed by atoms with Gasteiger partial charge in [-0.25, -0.2) is 4.68 Å². The van der Waals surface area contributed by atoms with E-state index in [2.05, 4.69) is 17.3 Å². The highest BCUT2D eigenvalue weighted by atomic mass is 35.5. The van der Waals surface area contributed by atoms with Crippen molar-refractivity contribution < 1.29 is 0 Å². The Balaban J connectivity index is 2.36. The number of halogens is 1. The van der Waals surface area contributed by atoms with E-state index in [-0.39, 0.29) is 0 Å². The molecule has 1 aromatic heterocycles. The first-order valence-corrected chi connectivity index (χ1v) is 6.04. The average molecular weight is 250 g/mol. The van der Waals surface area contributed by atoms with Gasteiger partial charge in [0.1, 0.15) is 0 Å². The first-order chi connectivity index (χ1) is 8.22. The van der Waals surface area contributed by atoms with Crippen molar-refractivity contribution in [2.45, 2.75) is 12.8 Å². The minimum Gasteiger partial charge on any atom is -0.319 e. The molecule has 1 atom stereocenters. The molecule has 0 spiro atoms. The van der Waals surface area contributed by atoms with Crippen LogP contribution in [0.5, 0.6) is 0 Å². The molecule has 0 amide bonds. The molecule has 0 radical (unpaired) electrons. The molecule has 2 rings (SSSR count). The van der Waals surface area contributed by atoms with E-state index in [9.17, 15) is 0 Å². The van der Waals surface area contributed by atoms with Crippen molar-refractivity contribution in [2.75, 3.05) is 13.6 Å². The van der Waals surface area contributed by atoms with Crippen LogP contribution in [0.25, 0.3) is 5.69 Å². The summed E-state index contributed by atoms with van der Waals surface area (Å²) in [5.74, 6) is 0.404. The van der Waals surface area contributed by atoms with Crippen LogP contribution in [0.4, 0.5) is 0 Å². The molecule has 1 heterocycles. The normalized spacial score (nSPS) is 12.6. The second-order valence-electron chi connectivity index (χ2n) is 4.11. The van der Waals surface area contributed by atoms with Gasteiger partial charge in [0.25, 0.3) is 0 Å². The fraction of sp³-hybridized carbons (Fsp3) is 0.308. The van der Waals surface area contributed by atoms with Gasteiger partial charge < -0.3 is 5.32 Å². The summed E-state index contributed by atoms with van der Waals surface area (Å²) in [7, 11) is 1.95. The second-order valence-corrected chi connectivity index (χ2v) is 4.54. The maximum absolute atomic E-state index is 6.00. The first kappa shape index (κ1) is 12.1. The molecule has 4 heteroatoms. The third-order valence-electron chi connectivity index (χ3n) is 2.74. The molecule has 0 aliphatic heterocycles. The molecule has 0 aliphatic rings. The number of likely N-dealkylation sites (N-methyl/N-ethyl adjacent to an activating group) is 1. The molecule has 0 saturated heterocycles. The minimum atomic E-state index is 0.404. The van der Waals surface area contributed by atoms with Gasteiger partial charge in [-0.2, -0.15) is 5.10 Å². The summed E-state index contributed by atoms with van der Waals surface area (Å²) in [6.07, 6.45) is 1.82. The average Bonchev–Trinajstić information content (AvgIpc) is 2.78. The zero-order valence-corrected chi connectivity index (χ0v) is 10.8. The van der Waals surface area contributed by atoms with E-state index in [1.807, 2.05) is 48.3 Å². The number of nitrogens with one attached hydrogen (secondary N) is 1. The first-order valence-electron chi connectivity index (χ1n) is 5.67. The lowest BCUT2D eigenvalue weighted by Gasteiger charge is -2.13. The molecule has 17 heavy (non-hydrogen) atoms. The molecular formula is C13H16ClN3. The molecule has 0 aliphatic carbocycles. The SMILES string of the molecule is CNCC(C)c1ccnn1-c1cccc(Cl)c1. The van der Waals surface area contributed by atoms with E-state index >= 15 is 0 Å². The Labute approximate surface area is 106 Å². The zero-order valence-electron chi connectivity index (χ0n) is 10.0. The van der Waals surface area contributed by atoms with Crippen molar-refractivity contribution in [2.24, 2.45) is 0 Å². The van der Waals surface area contributed by atoms with Crippen LogP contribution >= 0.6 is 11.6 Å². The highest BCUT2D eigenvalue weighted by molar-refractivity contribution is 6.30. The highest BCUT2D eigenvalue weighted by Gasteiger charge is 2.11. The number of hydrogen-bond donors (Lipinski definition) is 1. The lowest BCUT2D eigenvalue weighted by molar-refractivity contribution is 0.634. The Hall–Kier alpha value is -1.32. The summed E-state index contributed by atoms with van der Waals surface area (Å²) in [6.45, 7) is 3.10. The van der Waals surface area contributed by atoms with E-state index in [0.717, 1.165) is 17.3 Å². The molecule has 1 aromatic carbocycles. The quantitative estimate of drug-likeness (QED) is 0.903. The van der Waals surface area contributed by atoms with Crippen molar-refractivity contribution in [3.05, 3.63) is 47.2 Å². The van der Waals surface area contributed by atoms with Crippen LogP contribution in [-0.4, -0.2) is 23.4 Å². The fourth-order valence-electron chi connectivity index (χ4n) is 1.92. The topological polar surface area (TPSA) is 29.9 Å². The molecule has 0 bridgehead atoms. The molecule has 0 saturated carbocycles. The van der Waals surface area contributed by atoms with Crippen molar-refractivity contribution in [1.29, 1.82) is 0 Å². The summed E-state index contributed by atoms with van der Waals surface area (Å²) < 4.78 is 1.94. The third-order valence-corrected chi connectivity index (χ3v) is 2.98. The molecule has 1 unspecified atom stereocenters. The molecular weight excluding hydrogens is 234 g/mol. The van der Waals surface area contributed by atoms with Crippen LogP contribution in [0.3, 0.4) is 0 Å². The summed E-state index contributed by atoms with van der Waals surface area (Å²) in [5, 5.41) is 8.27. The number of hydrogen-bond acceptors (Lipinski definition) is 2. The van der Waals surface area contributed by atoms with Crippen LogP contribution in [0.1, 0.15) is 18.5 Å². The van der Waals surface area contributed by atoms with Gasteiger partial charge in [-0.3, -0.25) is 0 Å². The van der Waals surface area contributed by atoms with Crippen LogP contribution in [-0.2, 0) is 0 Å². The summed E-state index contributed by atoms with van der Waals surface area (Å²) >= 11 is 6.00. The smallest absolute Gasteiger partial charge is 0.0663 e. The summed E-state index contributed by atoms with van der Waals surface area (Å²) in [5.41, 5.74) is 2.18. The lowest BCUT2D eigenvalue weighted by Crippen LogP contribution is -2.17. The van der Waals surface area contributed by atoms with E-state index < -0.39 is 0 Å². The Morgan fingerprint density at radius 1 is 1.41 bits per heavy atom. The van der Waals surface area contributed by atoms with Crippen molar-refractivity contribution in [3.63, 3.8) is 0 Å². The van der Waals surface area contributed by atoms with Gasteiger partial charge in [0.2, 0.25) is 0 Å². The highest BCUT2D eigenvalue weighted by Crippen LogP contribution is 2.20. The van der Waals surface area contributed by atoms with E-state index in [4.69, 9.17) is 11.6 Å². The summed E-state index contributed by atoms with van der Waals surface area (Å²) in [4.78, 5) is 0. The standard InChI is InChI=1S/C13H16ClN3/c1-10(9-15-2)13-6-7-16-17(13)12-5-3-4-11(14)8-12/h3-8,10,15H,9H2,1-2H3. The fourth-order valence-corrected chi connectivity index (χ4v) is 2.11. The Morgan fingerprint density at radius 3 is 2.94 bits per heavy atom. The molecule has 1 N–H and O–H groups in total. The van der Waals surface area contributed by atoms with Crippen LogP contribution in [0.15, 0.2) is 36.5 Å². The van der Waals surface area contributed by atoms with E-state index in [0.29, 0.717) is 5.92 Å². The molecule has 90 valence electrons. The van der Waals surface area contributed by atoms with Gasteiger partial charge in [0.15, 0.2) is 0 Å². The van der Waals surface area contributed by atoms with Crippen LogP contribution in [0.2, 0.25) is 5.02 Å². The van der Waals surface area contributed by atoms with E-state index in [1.54, 1.807) is 0 Å². The van der Waals surface area contributed by atoms with Crippen LogP contribution < -0.4 is 5.32 Å². The summed E-state index contributed by atoms with van der Waals surface area (Å²) in [6, 6.07) is 9.78. The predicted octanol–water partition coefficient (Wildman–Crippen LogP) is 2.85. The van der Waals surface area contributed by atoms with Gasteiger partial charge in [0, 0.05) is 29.4 Å². The Kier molecular flexibility index (Phi) is 3.82. The number of benzene rings is 1. The molecule has 2 aromatic rings. The van der Waals surface area contributed by atoms with E-state index in [1.165, 1.54) is 5.69 Å². The van der Waals surface area contributed by atoms with Gasteiger partial charge >= 0.3 is 0 Å². The van der Waals surface area contributed by atoms with Gasteiger partial charge in [0.05, 0.1) is 5.69 Å². The maximum atomic E-state index is 6.00. The monoisotopic (exact) mass is 249 g/mol. The number of nitrogens with zero attached hydrogens (tertiary/aromatic N) is 2. The van der Waals surface area contributed by atoms with Crippen molar-refractivity contribution >= 4 is 11.6 Å². The molecule has 3 nitrogen and oxygen atoms in total. The van der Waals surface area contributed by atoms with Crippen molar-refractivity contribution in [1.82, 2.24) is 15.1 Å². The Morgan fingerprint density at radius 2 is 2.24 bits per heavy atom. The second kappa shape index (κ2) is 5.34. The maximum Gasteiger partial charge on any atom is 0.0663 e. The predicted molar refractivity (Wildman–Crippen MR) is 70.9 cm³/mol. The lowest BCUT2D eigenvalue weighted by atomic mass is 10.1. The number of aromatic nitrogens is 2. The largest absolute Gasteiger partial charge is 0.319 e. The zero-order chi connectivity index (χ0) is 12.3. The van der Waals surface area contributed by atoms with Crippen LogP contribution in [0, 0.1) is 0 Å². The van der Waals surface area contributed by atoms with Gasteiger partial charge in [-0.1, -0.05) is 24.6 Å². The molecule has 0 fully saturated rings. The minimum absolute atomic E-state index is 0.404. The van der Waals surface area contributed by atoms with Gasteiger partial charge in [-0.05, 0) is 31.3 Å². The Bertz CT molecular complexity index is 493.